The van der Waals surface area contributed by atoms with Gasteiger partial charge in [-0.15, -0.1) is 16.2 Å². The molecule has 2 N–H and O–H groups in total. The minimum absolute atomic E-state index is 0.0573. The highest BCUT2D eigenvalue weighted by molar-refractivity contribution is 9.10. The normalized spacial score (nSPS) is 14.7. The van der Waals surface area contributed by atoms with E-state index >= 15 is 0 Å². The Morgan fingerprint density at radius 3 is 2.63 bits per heavy atom. The molecule has 0 fully saturated rings. The molecule has 1 amide bonds. The molecule has 6 nitrogen and oxygen atoms in total. The molecule has 1 aromatic heterocycles. The van der Waals surface area contributed by atoms with Crippen molar-refractivity contribution in [3.8, 4) is 5.75 Å². The van der Waals surface area contributed by atoms with Crippen LogP contribution in [0.1, 0.15) is 45.8 Å². The number of hydrogen-bond acceptors (Lipinski definition) is 5. The summed E-state index contributed by atoms with van der Waals surface area (Å²) in [5.74, 6) is -0.261. The molecule has 1 heterocycles. The quantitative estimate of drug-likeness (QED) is 0.647. The van der Waals surface area contributed by atoms with Gasteiger partial charge in [-0.3, -0.25) is 10.2 Å². The van der Waals surface area contributed by atoms with Crippen molar-refractivity contribution in [2.24, 2.45) is 0 Å². The number of methoxy groups -OCH3 is 1. The zero-order valence-electron chi connectivity index (χ0n) is 14.9. The van der Waals surface area contributed by atoms with E-state index in [9.17, 15) is 13.2 Å². The minimum Gasteiger partial charge on any atom is -0.495 e. The lowest BCUT2D eigenvalue weighted by atomic mass is 10.00. The van der Waals surface area contributed by atoms with Crippen LogP contribution in [-0.4, -0.2) is 21.4 Å². The van der Waals surface area contributed by atoms with Crippen molar-refractivity contribution in [1.82, 2.24) is 10.3 Å². The van der Waals surface area contributed by atoms with Crippen LogP contribution in [0.4, 0.5) is 0 Å². The molecule has 0 bridgehead atoms. The Kier molecular flexibility index (Phi) is 6.56. The maximum Gasteiger partial charge on any atom is 0.276 e. The number of hydrazine groups is 1. The second-order valence-electron chi connectivity index (χ2n) is 6.33. The second-order valence-corrected chi connectivity index (χ2v) is 10.0. The Labute approximate surface area is 171 Å². The first-order valence-corrected chi connectivity index (χ1v) is 11.8. The van der Waals surface area contributed by atoms with E-state index in [2.05, 4.69) is 26.2 Å². The van der Waals surface area contributed by atoms with Crippen molar-refractivity contribution >= 4 is 43.2 Å². The maximum atomic E-state index is 12.6. The number of carbonyl (C=O) groups is 1. The summed E-state index contributed by atoms with van der Waals surface area (Å²) in [6.45, 7) is 0. The van der Waals surface area contributed by atoms with Crippen LogP contribution in [0, 0.1) is 0 Å². The van der Waals surface area contributed by atoms with Gasteiger partial charge in [0.2, 0.25) is 0 Å². The summed E-state index contributed by atoms with van der Waals surface area (Å²) in [6, 6.07) is 6.52. The molecule has 0 spiro atoms. The molecule has 0 saturated carbocycles. The van der Waals surface area contributed by atoms with Crippen LogP contribution in [0.2, 0.25) is 0 Å². The third-order valence-corrected chi connectivity index (χ3v) is 7.43. The fourth-order valence-electron chi connectivity index (χ4n) is 3.05. The summed E-state index contributed by atoms with van der Waals surface area (Å²) < 4.78 is 30.8. The average Bonchev–Trinajstić information content (AvgIpc) is 3.02. The summed E-state index contributed by atoms with van der Waals surface area (Å²) in [6.07, 6.45) is 6.64. The second kappa shape index (κ2) is 8.72. The van der Waals surface area contributed by atoms with Crippen LogP contribution < -0.4 is 15.0 Å². The van der Waals surface area contributed by atoms with E-state index in [0.717, 1.165) is 25.7 Å². The van der Waals surface area contributed by atoms with Crippen LogP contribution >= 0.6 is 27.3 Å². The Balaban J connectivity index is 1.73. The predicted octanol–water partition coefficient (Wildman–Crippen LogP) is 3.80. The lowest BCUT2D eigenvalue weighted by Gasteiger charge is -2.11. The van der Waals surface area contributed by atoms with Gasteiger partial charge in [0.25, 0.3) is 15.9 Å². The largest absolute Gasteiger partial charge is 0.495 e. The first-order chi connectivity index (χ1) is 12.9. The number of carbonyl (C=O) groups excluding carboxylic acids is 1. The van der Waals surface area contributed by atoms with Crippen LogP contribution in [0.15, 0.2) is 33.6 Å². The van der Waals surface area contributed by atoms with Gasteiger partial charge in [0, 0.05) is 9.35 Å². The van der Waals surface area contributed by atoms with E-state index in [-0.39, 0.29) is 10.6 Å². The van der Waals surface area contributed by atoms with E-state index in [4.69, 9.17) is 4.74 Å². The first-order valence-electron chi connectivity index (χ1n) is 8.68. The fourth-order valence-corrected chi connectivity index (χ4v) is 5.74. The Morgan fingerprint density at radius 2 is 1.89 bits per heavy atom. The van der Waals surface area contributed by atoms with Gasteiger partial charge in [-0.25, -0.2) is 8.42 Å². The Hall–Kier alpha value is -1.42. The topological polar surface area (TPSA) is 84.5 Å². The molecule has 0 atom stereocenters. The summed E-state index contributed by atoms with van der Waals surface area (Å²) in [7, 11) is -2.58. The van der Waals surface area contributed by atoms with Gasteiger partial charge in [0.05, 0.1) is 12.0 Å². The average molecular weight is 473 g/mol. The Bertz CT molecular complexity index is 915. The maximum absolute atomic E-state index is 12.6. The number of fused-ring (bicyclic) bond motifs is 1. The zero-order chi connectivity index (χ0) is 19.4. The number of sulfonamides is 1. The number of rotatable bonds is 5. The minimum atomic E-state index is -3.97. The number of thiophene rings is 1. The number of aryl methyl sites for hydroxylation is 2. The third kappa shape index (κ3) is 4.90. The molecule has 9 heteroatoms. The molecule has 146 valence electrons. The molecular weight excluding hydrogens is 452 g/mol. The molecule has 0 aliphatic heterocycles. The van der Waals surface area contributed by atoms with E-state index in [1.807, 2.05) is 6.07 Å². The van der Waals surface area contributed by atoms with E-state index in [1.54, 1.807) is 12.1 Å². The molecule has 1 aromatic carbocycles. The molecule has 0 radical (unpaired) electrons. The monoisotopic (exact) mass is 472 g/mol. The van der Waals surface area contributed by atoms with E-state index in [0.29, 0.717) is 9.35 Å². The third-order valence-electron chi connectivity index (χ3n) is 4.43. The fraction of sp³-hybridized carbons (Fsp3) is 0.389. The highest BCUT2D eigenvalue weighted by Gasteiger charge is 2.22. The lowest BCUT2D eigenvalue weighted by molar-refractivity contribution is 0.0949. The van der Waals surface area contributed by atoms with Crippen LogP contribution in [0.3, 0.4) is 0 Å². The van der Waals surface area contributed by atoms with Crippen molar-refractivity contribution in [3.05, 3.63) is 44.1 Å². The molecule has 1 aliphatic rings. The molecule has 27 heavy (non-hydrogen) atoms. The van der Waals surface area contributed by atoms with Gasteiger partial charge in [-0.1, -0.05) is 28.8 Å². The van der Waals surface area contributed by atoms with Gasteiger partial charge < -0.3 is 4.74 Å². The van der Waals surface area contributed by atoms with Crippen molar-refractivity contribution in [3.63, 3.8) is 0 Å². The van der Waals surface area contributed by atoms with Gasteiger partial charge in [-0.2, -0.15) is 0 Å². The van der Waals surface area contributed by atoms with Crippen molar-refractivity contribution in [1.29, 1.82) is 0 Å². The van der Waals surface area contributed by atoms with Crippen molar-refractivity contribution in [2.75, 3.05) is 7.11 Å². The van der Waals surface area contributed by atoms with Gasteiger partial charge in [-0.05, 0) is 55.5 Å². The van der Waals surface area contributed by atoms with E-state index in [1.165, 1.54) is 47.8 Å². The number of halogens is 1. The smallest absolute Gasteiger partial charge is 0.276 e. The van der Waals surface area contributed by atoms with Crippen LogP contribution in [0.25, 0.3) is 0 Å². The standard InChI is InChI=1S/C18H21BrN2O4S2/c1-25-14-9-8-13(19)11-17(14)27(23,24)21-20-18(22)16-10-12-6-4-2-3-5-7-15(12)26-16/h8-11,21H,2-7H2,1H3,(H,20,22). The molecule has 0 unspecified atom stereocenters. The SMILES string of the molecule is COc1ccc(Br)cc1S(=O)(=O)NNC(=O)c1cc2c(s1)CCCCCC2. The Morgan fingerprint density at radius 1 is 1.15 bits per heavy atom. The van der Waals surface area contributed by atoms with Crippen LogP contribution in [0.5, 0.6) is 5.75 Å². The number of hydrogen-bond donors (Lipinski definition) is 2. The van der Waals surface area contributed by atoms with Gasteiger partial charge in [0.15, 0.2) is 0 Å². The number of ether oxygens (including phenoxy) is 1. The number of benzene rings is 1. The van der Waals surface area contributed by atoms with Crippen molar-refractivity contribution < 1.29 is 17.9 Å². The number of amides is 1. The first kappa shape index (κ1) is 20.3. The number of nitrogens with one attached hydrogen (secondary N) is 2. The molecule has 0 saturated heterocycles. The van der Waals surface area contributed by atoms with E-state index < -0.39 is 15.9 Å². The molecular formula is C18H21BrN2O4S2. The highest BCUT2D eigenvalue weighted by Crippen LogP contribution is 2.29. The summed E-state index contributed by atoms with van der Waals surface area (Å²) in [5, 5.41) is 0. The van der Waals surface area contributed by atoms with Crippen molar-refractivity contribution in [2.45, 2.75) is 43.4 Å². The summed E-state index contributed by atoms with van der Waals surface area (Å²) in [4.78, 5) is 16.3. The predicted molar refractivity (Wildman–Crippen MR) is 109 cm³/mol. The summed E-state index contributed by atoms with van der Waals surface area (Å²) in [5.41, 5.74) is 3.52. The van der Waals surface area contributed by atoms with Gasteiger partial charge >= 0.3 is 0 Å². The lowest BCUT2D eigenvalue weighted by Crippen LogP contribution is -2.41. The van der Waals surface area contributed by atoms with Crippen LogP contribution in [-0.2, 0) is 22.9 Å². The zero-order valence-corrected chi connectivity index (χ0v) is 18.1. The van der Waals surface area contributed by atoms with Gasteiger partial charge in [0.1, 0.15) is 10.6 Å². The summed E-state index contributed by atoms with van der Waals surface area (Å²) >= 11 is 4.69. The molecule has 1 aliphatic carbocycles. The molecule has 3 rings (SSSR count). The highest BCUT2D eigenvalue weighted by atomic mass is 79.9. The molecule has 2 aromatic rings.